The number of rotatable bonds is 11. The smallest absolute Gasteiger partial charge is 0.224 e. The van der Waals surface area contributed by atoms with Crippen LogP contribution in [0.1, 0.15) is 25.3 Å². The molecule has 0 aromatic carbocycles. The number of hydrogen-bond donors (Lipinski definition) is 2. The molecular formula is C14H26N4O2. The Hall–Kier alpha value is -1.40. The maximum atomic E-state index is 5.41. The fraction of sp³-hybridized carbons (Fsp3) is 0.714. The van der Waals surface area contributed by atoms with E-state index in [4.69, 9.17) is 9.47 Å². The Labute approximate surface area is 121 Å². The molecule has 0 unspecified atom stereocenters. The summed E-state index contributed by atoms with van der Waals surface area (Å²) in [5.41, 5.74) is 1.05. The lowest BCUT2D eigenvalue weighted by Crippen LogP contribution is -2.12. The number of anilines is 2. The van der Waals surface area contributed by atoms with Gasteiger partial charge in [0.05, 0.1) is 13.2 Å². The predicted molar refractivity (Wildman–Crippen MR) is 81.4 cm³/mol. The third-order valence-corrected chi connectivity index (χ3v) is 2.69. The van der Waals surface area contributed by atoms with Crippen molar-refractivity contribution in [3.05, 3.63) is 11.8 Å². The fourth-order valence-corrected chi connectivity index (χ4v) is 1.57. The third kappa shape index (κ3) is 6.68. The molecule has 0 saturated heterocycles. The summed E-state index contributed by atoms with van der Waals surface area (Å²) < 4.78 is 10.3. The lowest BCUT2D eigenvalue weighted by molar-refractivity contribution is 0.0705. The second-order valence-corrected chi connectivity index (χ2v) is 4.54. The number of hydrogen-bond acceptors (Lipinski definition) is 6. The molecule has 1 aromatic rings. The topological polar surface area (TPSA) is 68.3 Å². The number of aromatic nitrogens is 2. The standard InChI is InChI=1S/C14H26N4O2/c1-4-6-16-14-17-11-12(2)13(18-14)15-7-5-8-20-10-9-19-3/h11H,4-10H2,1-3H3,(H2,15,16,17,18). The molecule has 1 aromatic heterocycles. The largest absolute Gasteiger partial charge is 0.382 e. The molecule has 0 bridgehead atoms. The first-order valence-corrected chi connectivity index (χ1v) is 7.16. The van der Waals surface area contributed by atoms with Crippen molar-refractivity contribution in [2.75, 3.05) is 50.7 Å². The molecule has 0 amide bonds. The van der Waals surface area contributed by atoms with Gasteiger partial charge in [-0.05, 0) is 19.8 Å². The Morgan fingerprint density at radius 2 is 2.00 bits per heavy atom. The average Bonchev–Trinajstić information content (AvgIpc) is 2.46. The Morgan fingerprint density at radius 3 is 2.75 bits per heavy atom. The fourth-order valence-electron chi connectivity index (χ4n) is 1.57. The highest BCUT2D eigenvalue weighted by molar-refractivity contribution is 5.46. The molecule has 1 heterocycles. The van der Waals surface area contributed by atoms with Gasteiger partial charge in [0.1, 0.15) is 5.82 Å². The molecule has 0 spiro atoms. The van der Waals surface area contributed by atoms with Gasteiger partial charge in [-0.3, -0.25) is 0 Å². The number of methoxy groups -OCH3 is 1. The van der Waals surface area contributed by atoms with Gasteiger partial charge in [-0.1, -0.05) is 6.92 Å². The first kappa shape index (κ1) is 16.7. The molecular weight excluding hydrogens is 256 g/mol. The van der Waals surface area contributed by atoms with Gasteiger partial charge in [-0.25, -0.2) is 4.98 Å². The van der Waals surface area contributed by atoms with Gasteiger partial charge in [0.25, 0.3) is 0 Å². The summed E-state index contributed by atoms with van der Waals surface area (Å²) >= 11 is 0. The van der Waals surface area contributed by atoms with Crippen molar-refractivity contribution in [3.8, 4) is 0 Å². The van der Waals surface area contributed by atoms with Crippen LogP contribution in [0.2, 0.25) is 0 Å². The molecule has 0 fully saturated rings. The molecule has 20 heavy (non-hydrogen) atoms. The van der Waals surface area contributed by atoms with Gasteiger partial charge < -0.3 is 20.1 Å². The van der Waals surface area contributed by atoms with Crippen molar-refractivity contribution in [2.45, 2.75) is 26.7 Å². The monoisotopic (exact) mass is 282 g/mol. The highest BCUT2D eigenvalue weighted by atomic mass is 16.5. The van der Waals surface area contributed by atoms with Gasteiger partial charge in [0, 0.05) is 38.6 Å². The zero-order valence-corrected chi connectivity index (χ0v) is 12.7. The van der Waals surface area contributed by atoms with Gasteiger partial charge in [0.2, 0.25) is 5.95 Å². The van der Waals surface area contributed by atoms with Crippen molar-refractivity contribution in [2.24, 2.45) is 0 Å². The molecule has 0 atom stereocenters. The summed E-state index contributed by atoms with van der Waals surface area (Å²) in [5.74, 6) is 1.56. The normalized spacial score (nSPS) is 10.6. The predicted octanol–water partition coefficient (Wildman–Crippen LogP) is 2.07. The van der Waals surface area contributed by atoms with E-state index in [-0.39, 0.29) is 0 Å². The lowest BCUT2D eigenvalue weighted by atomic mass is 10.3. The van der Waals surface area contributed by atoms with Gasteiger partial charge in [0.15, 0.2) is 0 Å². The Balaban J connectivity index is 2.27. The van der Waals surface area contributed by atoms with Gasteiger partial charge >= 0.3 is 0 Å². The van der Waals surface area contributed by atoms with Gasteiger partial charge in [-0.15, -0.1) is 0 Å². The number of ether oxygens (including phenoxy) is 2. The molecule has 114 valence electrons. The van der Waals surface area contributed by atoms with E-state index >= 15 is 0 Å². The van der Waals surface area contributed by atoms with Crippen LogP contribution in [0.15, 0.2) is 6.20 Å². The third-order valence-electron chi connectivity index (χ3n) is 2.69. The van der Waals surface area contributed by atoms with Crippen molar-refractivity contribution < 1.29 is 9.47 Å². The summed E-state index contributed by atoms with van der Waals surface area (Å²) in [6, 6.07) is 0. The first-order valence-electron chi connectivity index (χ1n) is 7.16. The van der Waals surface area contributed by atoms with E-state index in [0.29, 0.717) is 19.2 Å². The molecule has 0 aliphatic rings. The van der Waals surface area contributed by atoms with Crippen LogP contribution in [0, 0.1) is 6.92 Å². The molecule has 0 aliphatic carbocycles. The maximum Gasteiger partial charge on any atom is 0.224 e. The van der Waals surface area contributed by atoms with Crippen molar-refractivity contribution in [1.82, 2.24) is 9.97 Å². The first-order chi connectivity index (χ1) is 9.77. The zero-order chi connectivity index (χ0) is 14.6. The van der Waals surface area contributed by atoms with Crippen LogP contribution < -0.4 is 10.6 Å². The summed E-state index contributed by atoms with van der Waals surface area (Å²) in [7, 11) is 1.67. The number of aryl methyl sites for hydroxylation is 1. The second-order valence-electron chi connectivity index (χ2n) is 4.54. The van der Waals surface area contributed by atoms with E-state index in [1.807, 2.05) is 13.1 Å². The van der Waals surface area contributed by atoms with Crippen LogP contribution in [-0.4, -0.2) is 50.0 Å². The quantitative estimate of drug-likeness (QED) is 0.606. The van der Waals surface area contributed by atoms with Crippen molar-refractivity contribution in [3.63, 3.8) is 0 Å². The molecule has 6 nitrogen and oxygen atoms in total. The number of nitrogens with zero attached hydrogens (tertiary/aromatic N) is 2. The summed E-state index contributed by atoms with van der Waals surface area (Å²) in [4.78, 5) is 8.72. The maximum absolute atomic E-state index is 5.41. The molecule has 0 saturated carbocycles. The minimum absolute atomic E-state index is 0.644. The number of nitrogens with one attached hydrogen (secondary N) is 2. The molecule has 1 rings (SSSR count). The van der Waals surface area contributed by atoms with Crippen LogP contribution in [0.5, 0.6) is 0 Å². The minimum atomic E-state index is 0.644. The van der Waals surface area contributed by atoms with E-state index in [1.165, 1.54) is 0 Å². The average molecular weight is 282 g/mol. The van der Waals surface area contributed by atoms with E-state index in [0.717, 1.165) is 43.9 Å². The van der Waals surface area contributed by atoms with E-state index < -0.39 is 0 Å². The highest BCUT2D eigenvalue weighted by Crippen LogP contribution is 2.12. The second kappa shape index (κ2) is 10.4. The molecule has 6 heteroatoms. The highest BCUT2D eigenvalue weighted by Gasteiger charge is 2.02. The van der Waals surface area contributed by atoms with E-state index in [1.54, 1.807) is 7.11 Å². The molecule has 2 N–H and O–H groups in total. The summed E-state index contributed by atoms with van der Waals surface area (Å²) in [6.07, 6.45) is 3.83. The SMILES string of the molecule is CCCNc1ncc(C)c(NCCCOCCOC)n1. The van der Waals surface area contributed by atoms with Crippen LogP contribution in [-0.2, 0) is 9.47 Å². The summed E-state index contributed by atoms with van der Waals surface area (Å²) in [6.45, 7) is 7.85. The van der Waals surface area contributed by atoms with E-state index in [9.17, 15) is 0 Å². The van der Waals surface area contributed by atoms with Crippen molar-refractivity contribution in [1.29, 1.82) is 0 Å². The van der Waals surface area contributed by atoms with Crippen LogP contribution in [0.4, 0.5) is 11.8 Å². The Bertz CT molecular complexity index is 374. The lowest BCUT2D eigenvalue weighted by Gasteiger charge is -2.10. The minimum Gasteiger partial charge on any atom is -0.382 e. The Morgan fingerprint density at radius 1 is 1.15 bits per heavy atom. The van der Waals surface area contributed by atoms with Gasteiger partial charge in [-0.2, -0.15) is 4.98 Å². The summed E-state index contributed by atoms with van der Waals surface area (Å²) in [5, 5.41) is 6.50. The molecule has 0 radical (unpaired) electrons. The van der Waals surface area contributed by atoms with Crippen LogP contribution in [0.3, 0.4) is 0 Å². The Kier molecular flexibility index (Phi) is 8.66. The van der Waals surface area contributed by atoms with E-state index in [2.05, 4.69) is 27.5 Å². The zero-order valence-electron chi connectivity index (χ0n) is 12.7. The van der Waals surface area contributed by atoms with Crippen LogP contribution >= 0.6 is 0 Å². The van der Waals surface area contributed by atoms with Crippen LogP contribution in [0.25, 0.3) is 0 Å². The van der Waals surface area contributed by atoms with Crippen molar-refractivity contribution >= 4 is 11.8 Å². The molecule has 0 aliphatic heterocycles.